The van der Waals surface area contributed by atoms with Crippen LogP contribution in [-0.4, -0.2) is 31.3 Å². The molecule has 3 rings (SSSR count). The molecular formula is C32H48N4OS. The fraction of sp³-hybridized carbons (Fsp3) is 0.594. The summed E-state index contributed by atoms with van der Waals surface area (Å²) in [5, 5.41) is 9.92. The summed E-state index contributed by atoms with van der Waals surface area (Å²) in [4.78, 5) is 7.18. The van der Waals surface area contributed by atoms with Crippen molar-refractivity contribution in [3.63, 3.8) is 0 Å². The number of hydrogen-bond acceptors (Lipinski definition) is 6. The number of hydrogen-bond donors (Lipinski definition) is 0. The van der Waals surface area contributed by atoms with Crippen LogP contribution in [0.5, 0.6) is 0 Å². The smallest absolute Gasteiger partial charge is 0.231 e. The first-order chi connectivity index (χ1) is 18.7. The Bertz CT molecular complexity index is 1060. The van der Waals surface area contributed by atoms with Gasteiger partial charge in [-0.25, -0.2) is 4.98 Å². The van der Waals surface area contributed by atoms with E-state index in [0.717, 1.165) is 67.9 Å². The van der Waals surface area contributed by atoms with Crippen LogP contribution < -0.4 is 4.90 Å². The van der Waals surface area contributed by atoms with Gasteiger partial charge < -0.3 is 9.64 Å². The second-order valence-corrected chi connectivity index (χ2v) is 11.3. The minimum atomic E-state index is 0.701. The van der Waals surface area contributed by atoms with Crippen molar-refractivity contribution in [2.24, 2.45) is 16.1 Å². The Morgan fingerprint density at radius 1 is 0.895 bits per heavy atom. The van der Waals surface area contributed by atoms with Gasteiger partial charge in [-0.3, -0.25) is 0 Å². The molecule has 0 amide bonds. The summed E-state index contributed by atoms with van der Waals surface area (Å²) in [5.74, 6) is 0.701. The van der Waals surface area contributed by atoms with Crippen molar-refractivity contribution in [2.45, 2.75) is 91.9 Å². The number of rotatable bonds is 19. The number of thiazole rings is 1. The predicted molar refractivity (Wildman–Crippen MR) is 165 cm³/mol. The molecule has 3 aromatic rings. The van der Waals surface area contributed by atoms with Gasteiger partial charge in [0.05, 0.1) is 22.5 Å². The van der Waals surface area contributed by atoms with Crippen LogP contribution in [0.2, 0.25) is 0 Å². The Hall–Kier alpha value is -2.31. The Kier molecular flexibility index (Phi) is 13.8. The zero-order valence-electron chi connectivity index (χ0n) is 24.1. The van der Waals surface area contributed by atoms with Crippen molar-refractivity contribution in [1.29, 1.82) is 0 Å². The number of ether oxygens (including phenoxy) is 1. The van der Waals surface area contributed by atoms with E-state index >= 15 is 0 Å². The monoisotopic (exact) mass is 536 g/mol. The van der Waals surface area contributed by atoms with Crippen molar-refractivity contribution in [3.05, 3.63) is 48.0 Å². The van der Waals surface area contributed by atoms with Crippen LogP contribution in [0.15, 0.2) is 52.7 Å². The molecule has 2 aromatic carbocycles. The zero-order valence-corrected chi connectivity index (χ0v) is 24.9. The van der Waals surface area contributed by atoms with Gasteiger partial charge in [0, 0.05) is 25.4 Å². The van der Waals surface area contributed by atoms with Crippen molar-refractivity contribution in [1.82, 2.24) is 4.98 Å². The van der Waals surface area contributed by atoms with E-state index in [2.05, 4.69) is 72.1 Å². The van der Waals surface area contributed by atoms with E-state index < -0.39 is 0 Å². The van der Waals surface area contributed by atoms with Gasteiger partial charge in [-0.15, -0.1) is 10.2 Å². The Labute approximate surface area is 234 Å². The second kappa shape index (κ2) is 17.3. The van der Waals surface area contributed by atoms with Crippen molar-refractivity contribution < 1.29 is 4.74 Å². The molecule has 0 saturated carbocycles. The number of aromatic nitrogens is 1. The van der Waals surface area contributed by atoms with E-state index in [1.54, 1.807) is 11.3 Å². The fourth-order valence-electron chi connectivity index (χ4n) is 4.72. The van der Waals surface area contributed by atoms with Crippen molar-refractivity contribution in [3.8, 4) is 0 Å². The third-order valence-corrected chi connectivity index (χ3v) is 8.09. The fourth-order valence-corrected chi connectivity index (χ4v) is 5.51. The molecule has 0 radical (unpaired) electrons. The van der Waals surface area contributed by atoms with Gasteiger partial charge in [-0.05, 0) is 67.5 Å². The minimum absolute atomic E-state index is 0.701. The molecule has 38 heavy (non-hydrogen) atoms. The first kappa shape index (κ1) is 30.2. The largest absolute Gasteiger partial charge is 0.380 e. The number of unbranched alkanes of at least 4 members (excludes halogenated alkanes) is 4. The average Bonchev–Trinajstić information content (AvgIpc) is 3.37. The van der Waals surface area contributed by atoms with Gasteiger partial charge in [-0.1, -0.05) is 89.7 Å². The molecule has 1 heterocycles. The van der Waals surface area contributed by atoms with E-state index in [0.29, 0.717) is 11.0 Å². The summed E-state index contributed by atoms with van der Waals surface area (Å²) in [6, 6.07) is 14.9. The highest BCUT2D eigenvalue weighted by atomic mass is 32.1. The second-order valence-electron chi connectivity index (χ2n) is 10.3. The number of benzene rings is 2. The maximum absolute atomic E-state index is 6.03. The highest BCUT2D eigenvalue weighted by Gasteiger charge is 2.15. The van der Waals surface area contributed by atoms with Crippen LogP contribution >= 0.6 is 11.3 Å². The van der Waals surface area contributed by atoms with Crippen LogP contribution in [0.1, 0.15) is 91.0 Å². The van der Waals surface area contributed by atoms with Crippen LogP contribution in [0, 0.1) is 5.92 Å². The molecule has 0 saturated heterocycles. The molecule has 1 atom stereocenters. The van der Waals surface area contributed by atoms with E-state index in [9.17, 15) is 0 Å². The summed E-state index contributed by atoms with van der Waals surface area (Å²) in [5.41, 5.74) is 4.48. The standard InChI is InChI=1S/C32H48N4OS/c1-5-9-14-22-37-23-21-36(25-26(8-4)15-10-6-2)28-19-20-29(27(24-28)16-11-7-3)34-35-32-33-30-17-12-13-18-31(30)38-32/h12-13,17-20,24,26H,5-11,14-16,21-23,25H2,1-4H3. The summed E-state index contributed by atoms with van der Waals surface area (Å²) < 4.78 is 7.18. The van der Waals surface area contributed by atoms with Gasteiger partial charge in [0.15, 0.2) is 0 Å². The number of fused-ring (bicyclic) bond motifs is 1. The van der Waals surface area contributed by atoms with E-state index in [4.69, 9.17) is 4.74 Å². The molecular weight excluding hydrogens is 488 g/mol. The molecule has 0 bridgehead atoms. The molecule has 0 spiro atoms. The van der Waals surface area contributed by atoms with Crippen LogP contribution in [0.4, 0.5) is 16.5 Å². The number of nitrogens with zero attached hydrogens (tertiary/aromatic N) is 4. The van der Waals surface area contributed by atoms with Crippen LogP contribution in [-0.2, 0) is 11.2 Å². The Morgan fingerprint density at radius 3 is 2.47 bits per heavy atom. The Morgan fingerprint density at radius 2 is 1.71 bits per heavy atom. The molecule has 0 aliphatic carbocycles. The summed E-state index contributed by atoms with van der Waals surface area (Å²) in [6.07, 6.45) is 12.0. The highest BCUT2D eigenvalue weighted by Crippen LogP contribution is 2.32. The van der Waals surface area contributed by atoms with Crippen molar-refractivity contribution >= 4 is 38.1 Å². The topological polar surface area (TPSA) is 50.1 Å². The maximum atomic E-state index is 6.03. The van der Waals surface area contributed by atoms with Gasteiger partial charge in [-0.2, -0.15) is 0 Å². The first-order valence-electron chi connectivity index (χ1n) is 14.9. The number of para-hydroxylation sites is 1. The average molecular weight is 537 g/mol. The molecule has 1 aromatic heterocycles. The van der Waals surface area contributed by atoms with Gasteiger partial charge in [0.1, 0.15) is 0 Å². The Balaban J connectivity index is 1.80. The lowest BCUT2D eigenvalue weighted by molar-refractivity contribution is 0.135. The lowest BCUT2D eigenvalue weighted by atomic mass is 9.98. The lowest BCUT2D eigenvalue weighted by Gasteiger charge is -2.30. The van der Waals surface area contributed by atoms with Gasteiger partial charge in [0.2, 0.25) is 5.13 Å². The molecule has 0 fully saturated rings. The summed E-state index contributed by atoms with van der Waals surface area (Å²) >= 11 is 1.59. The van der Waals surface area contributed by atoms with Crippen LogP contribution in [0.25, 0.3) is 10.2 Å². The third-order valence-electron chi connectivity index (χ3n) is 7.17. The van der Waals surface area contributed by atoms with E-state index in [1.807, 2.05) is 18.2 Å². The molecule has 5 nitrogen and oxygen atoms in total. The quantitative estimate of drug-likeness (QED) is 0.113. The number of aryl methyl sites for hydroxylation is 1. The predicted octanol–water partition coefficient (Wildman–Crippen LogP) is 10.3. The molecule has 0 N–H and O–H groups in total. The van der Waals surface area contributed by atoms with Gasteiger partial charge >= 0.3 is 0 Å². The van der Waals surface area contributed by atoms with Crippen LogP contribution in [0.3, 0.4) is 0 Å². The SMILES string of the molecule is CCCCCOCCN(CC(CC)CCCC)c1ccc(N=Nc2nc3ccccc3s2)c(CCCC)c1. The number of anilines is 1. The maximum Gasteiger partial charge on any atom is 0.231 e. The highest BCUT2D eigenvalue weighted by molar-refractivity contribution is 7.21. The lowest BCUT2D eigenvalue weighted by Crippen LogP contribution is -2.32. The van der Waals surface area contributed by atoms with Crippen molar-refractivity contribution in [2.75, 3.05) is 31.2 Å². The summed E-state index contributed by atoms with van der Waals surface area (Å²) in [7, 11) is 0. The molecule has 208 valence electrons. The normalized spacial score (nSPS) is 12.5. The molecule has 0 aliphatic heterocycles. The summed E-state index contributed by atoms with van der Waals surface area (Å²) in [6.45, 7) is 12.7. The molecule has 0 aliphatic rings. The molecule has 6 heteroatoms. The molecule has 1 unspecified atom stereocenters. The number of azo groups is 1. The van der Waals surface area contributed by atoms with Gasteiger partial charge in [0.25, 0.3) is 0 Å². The third kappa shape index (κ3) is 9.77. The zero-order chi connectivity index (χ0) is 27.0. The van der Waals surface area contributed by atoms with E-state index in [1.165, 1.54) is 49.8 Å². The first-order valence-corrected chi connectivity index (χ1v) is 15.7. The minimum Gasteiger partial charge on any atom is -0.380 e. The van der Waals surface area contributed by atoms with E-state index in [-0.39, 0.29) is 0 Å².